The smallest absolute Gasteiger partial charge is 0.481 e. The molecule has 0 amide bonds. The van der Waals surface area contributed by atoms with Crippen LogP contribution in [-0.4, -0.2) is 115 Å². The summed E-state index contributed by atoms with van der Waals surface area (Å²) >= 11 is 7.62. The molecule has 2 fully saturated rings. The van der Waals surface area contributed by atoms with Gasteiger partial charge in [-0.2, -0.15) is 13.2 Å². The second kappa shape index (κ2) is 21.9. The number of hydrogen-bond donors (Lipinski definition) is 3. The third-order valence-electron chi connectivity index (χ3n) is 13.6. The minimum absolute atomic E-state index is 0.0491. The van der Waals surface area contributed by atoms with E-state index in [1.54, 1.807) is 56.3 Å². The summed E-state index contributed by atoms with van der Waals surface area (Å²) < 4.78 is 144. The van der Waals surface area contributed by atoms with Crippen molar-refractivity contribution >= 4 is 81.8 Å². The molecular weight excluding hydrogens is 1090 g/mol. The summed E-state index contributed by atoms with van der Waals surface area (Å²) in [5.41, 5.74) is -3.25. The Labute approximate surface area is 449 Å². The number of nitrogens with zero attached hydrogens (tertiary/aromatic N) is 4. The van der Waals surface area contributed by atoms with Crippen molar-refractivity contribution in [2.24, 2.45) is 5.41 Å². The van der Waals surface area contributed by atoms with E-state index in [0.717, 1.165) is 23.3 Å². The molecule has 76 heavy (non-hydrogen) atoms. The lowest BCUT2D eigenvalue weighted by Gasteiger charge is -2.45. The fraction of sp³-hybridized carbons (Fsp3) is 0.340. The summed E-state index contributed by atoms with van der Waals surface area (Å²) in [7, 11) is -14.6. The van der Waals surface area contributed by atoms with Gasteiger partial charge in [-0.15, -0.1) is 11.8 Å². The first-order valence-corrected chi connectivity index (χ1v) is 30.4. The highest BCUT2D eigenvalue weighted by molar-refractivity contribution is 7.99. The number of hydrogen-bond acceptors (Lipinski definition) is 12. The van der Waals surface area contributed by atoms with Crippen molar-refractivity contribution in [2.45, 2.75) is 71.3 Å². The van der Waals surface area contributed by atoms with Gasteiger partial charge in [-0.3, -0.25) is 9.52 Å². The Morgan fingerprint density at radius 1 is 0.816 bits per heavy atom. The van der Waals surface area contributed by atoms with Crippen molar-refractivity contribution in [1.29, 1.82) is 0 Å². The number of nitrogens with one attached hydrogen (secondary N) is 2. The molecule has 5 aromatic carbocycles. The number of rotatable bonds is 19. The van der Waals surface area contributed by atoms with Crippen LogP contribution in [-0.2, 0) is 34.5 Å². The van der Waals surface area contributed by atoms with Gasteiger partial charge in [0, 0.05) is 108 Å². The Morgan fingerprint density at radius 3 is 2.01 bits per heavy atom. The summed E-state index contributed by atoms with van der Waals surface area (Å²) in [5, 5.41) is 13.0. The number of aliphatic carboxylic acids is 1. The summed E-state index contributed by atoms with van der Waals surface area (Å²) in [4.78, 5) is 16.5. The summed E-state index contributed by atoms with van der Waals surface area (Å²) in [6, 6.07) is 28.7. The predicted octanol–water partition coefficient (Wildman–Crippen LogP) is 10.7. The molecule has 0 aliphatic carbocycles. The molecular formula is C53H57ClF4N6O8S4. The van der Waals surface area contributed by atoms with Gasteiger partial charge in [-0.1, -0.05) is 41.9 Å². The van der Waals surface area contributed by atoms with Crippen LogP contribution in [0.1, 0.15) is 38.9 Å². The van der Waals surface area contributed by atoms with E-state index in [4.69, 9.17) is 11.6 Å². The molecule has 0 saturated carbocycles. The van der Waals surface area contributed by atoms with Gasteiger partial charge in [0.25, 0.3) is 19.9 Å². The number of piperazine rings is 1. The van der Waals surface area contributed by atoms with Crippen LogP contribution in [0.15, 0.2) is 135 Å². The van der Waals surface area contributed by atoms with Crippen molar-refractivity contribution < 1.29 is 52.7 Å². The Balaban J connectivity index is 0.985. The lowest BCUT2D eigenvalue weighted by Crippen LogP contribution is -2.59. The largest absolute Gasteiger partial charge is 0.501 e. The summed E-state index contributed by atoms with van der Waals surface area (Å²) in [6.45, 7) is 9.90. The quantitative estimate of drug-likeness (QED) is 0.0516. The Morgan fingerprint density at radius 2 is 1.43 bits per heavy atom. The van der Waals surface area contributed by atoms with E-state index in [2.05, 4.69) is 10.0 Å². The molecule has 406 valence electrons. The zero-order chi connectivity index (χ0) is 55.1. The second-order valence-corrected chi connectivity index (χ2v) is 26.7. The van der Waals surface area contributed by atoms with E-state index in [9.17, 15) is 48.3 Å². The van der Waals surface area contributed by atoms with E-state index in [1.807, 2.05) is 63.4 Å². The molecule has 8 rings (SSSR count). The van der Waals surface area contributed by atoms with Crippen molar-refractivity contribution in [3.8, 4) is 22.4 Å². The minimum atomic E-state index is -6.10. The van der Waals surface area contributed by atoms with Crippen LogP contribution in [0, 0.1) is 18.2 Å². The fourth-order valence-corrected chi connectivity index (χ4v) is 14.3. The molecule has 23 heteroatoms. The number of likely N-dealkylation sites (tertiary alicyclic amines) is 1. The molecule has 6 aromatic rings. The monoisotopic (exact) mass is 1140 g/mol. The van der Waals surface area contributed by atoms with Crippen molar-refractivity contribution in [3.05, 3.63) is 132 Å². The number of anilines is 4. The third kappa shape index (κ3) is 12.2. The van der Waals surface area contributed by atoms with Crippen LogP contribution in [0.4, 0.5) is 40.3 Å². The highest BCUT2D eigenvalue weighted by Gasteiger charge is 2.49. The molecule has 14 nitrogen and oxygen atoms in total. The van der Waals surface area contributed by atoms with Gasteiger partial charge < -0.3 is 29.7 Å². The maximum absolute atomic E-state index is 15.8. The highest BCUT2D eigenvalue weighted by Crippen LogP contribution is 2.45. The number of carboxylic acids is 1. The summed E-state index contributed by atoms with van der Waals surface area (Å²) in [6.07, 6.45) is 1.43. The molecule has 0 unspecified atom stereocenters. The average Bonchev–Trinajstić information content (AvgIpc) is 3.68. The van der Waals surface area contributed by atoms with E-state index in [0.29, 0.717) is 89.7 Å². The van der Waals surface area contributed by atoms with E-state index < -0.39 is 73.9 Å². The van der Waals surface area contributed by atoms with Crippen LogP contribution in [0.2, 0.25) is 5.02 Å². The Bertz CT molecular complexity index is 3460. The predicted molar refractivity (Wildman–Crippen MR) is 291 cm³/mol. The maximum atomic E-state index is 15.8. The number of alkyl halides is 3. The standard InChI is InChI=1S/C53H57ClF4N6O8S4/c1-34(2)64-35(3)50(74(5,67)68)48(49(64)36-11-13-38(54)14-12-36)37-27-39(55)29-43(28-37)63-25-23-62(24-26-63)42-17-15-40(16-18-42)60-76(71,72)45-19-20-46(47(30-45)75(69,70)53(56,57)58)59-41(31-73-44-9-7-6-8-10-44)21-22-61-32-52(4,33-61)51(65)66/h6-20,27-30,34,41,59-60H,21-26,31-33H2,1-5H3,(H,65,66)/t41-/m1/s1. The zero-order valence-electron chi connectivity index (χ0n) is 42.1. The maximum Gasteiger partial charge on any atom is 0.501 e. The molecule has 1 atom stereocenters. The van der Waals surface area contributed by atoms with E-state index in [1.165, 1.54) is 36.0 Å². The van der Waals surface area contributed by atoms with Crippen LogP contribution in [0.5, 0.6) is 0 Å². The van der Waals surface area contributed by atoms with E-state index in [-0.39, 0.29) is 35.5 Å². The van der Waals surface area contributed by atoms with Crippen LogP contribution in [0.3, 0.4) is 0 Å². The lowest BCUT2D eigenvalue weighted by molar-refractivity contribution is -0.158. The molecule has 2 aliphatic heterocycles. The van der Waals surface area contributed by atoms with Gasteiger partial charge in [0.2, 0.25) is 0 Å². The SMILES string of the molecule is Cc1c(S(C)(=O)=O)c(-c2cc(F)cc(N3CCN(c4ccc(NS(=O)(=O)c5ccc(N[C@H](CCN6CC(C)(C(=O)O)C6)CSc6ccccc6)c(S(=O)(=O)C(F)(F)F)c5)cc4)CC3)c2)c(-c2ccc(Cl)cc2)n1C(C)C. The van der Waals surface area contributed by atoms with Crippen molar-refractivity contribution in [1.82, 2.24) is 9.47 Å². The lowest BCUT2D eigenvalue weighted by atomic mass is 9.82. The molecule has 0 radical (unpaired) electrons. The zero-order valence-corrected chi connectivity index (χ0v) is 46.1. The Kier molecular flexibility index (Phi) is 16.3. The first-order chi connectivity index (χ1) is 35.6. The van der Waals surface area contributed by atoms with Gasteiger partial charge in [-0.05, 0) is 130 Å². The van der Waals surface area contributed by atoms with Crippen molar-refractivity contribution in [2.75, 3.05) is 77.7 Å². The molecule has 2 aliphatic rings. The van der Waals surface area contributed by atoms with Crippen molar-refractivity contribution in [3.63, 3.8) is 0 Å². The average molecular weight is 1150 g/mol. The number of sulfonamides is 1. The highest BCUT2D eigenvalue weighted by atomic mass is 35.5. The van der Waals surface area contributed by atoms with Crippen LogP contribution in [0.25, 0.3) is 22.4 Å². The Hall–Kier alpha value is -5.78. The van der Waals surface area contributed by atoms with Gasteiger partial charge in [0.05, 0.1) is 26.6 Å². The number of carbonyl (C=O) groups is 1. The number of sulfone groups is 2. The molecule has 3 heterocycles. The molecule has 1 aromatic heterocycles. The third-order valence-corrected chi connectivity index (χ3v) is 19.1. The first-order valence-electron chi connectivity index (χ1n) is 24.2. The number of benzene rings is 5. The van der Waals surface area contributed by atoms with Gasteiger partial charge in [-0.25, -0.2) is 29.6 Å². The number of halogens is 5. The summed E-state index contributed by atoms with van der Waals surface area (Å²) in [5.74, 6) is -1.23. The van der Waals surface area contributed by atoms with Gasteiger partial charge >= 0.3 is 11.5 Å². The minimum Gasteiger partial charge on any atom is -0.481 e. The number of carboxylic acid groups (broad SMARTS) is 1. The molecule has 2 saturated heterocycles. The molecule has 0 bridgehead atoms. The topological polar surface area (TPSA) is 178 Å². The number of aromatic nitrogens is 1. The normalized spacial score (nSPS) is 15.9. The van der Waals surface area contributed by atoms with Crippen LogP contribution >= 0.6 is 23.4 Å². The van der Waals surface area contributed by atoms with Gasteiger partial charge in [0.15, 0.2) is 9.84 Å². The first kappa shape index (κ1) is 56.4. The second-order valence-electron chi connectivity index (χ2n) is 19.6. The molecule has 3 N–H and O–H groups in total. The number of thioether (sulfide) groups is 1. The molecule has 0 spiro atoms. The van der Waals surface area contributed by atoms with Gasteiger partial charge in [0.1, 0.15) is 10.7 Å². The van der Waals surface area contributed by atoms with E-state index >= 15 is 4.39 Å². The van der Waals surface area contributed by atoms with Crippen LogP contribution < -0.4 is 19.8 Å². The fourth-order valence-electron chi connectivity index (χ4n) is 9.86.